The minimum absolute atomic E-state index is 0.0175. The van der Waals surface area contributed by atoms with Gasteiger partial charge >= 0.3 is 0 Å². The van der Waals surface area contributed by atoms with Gasteiger partial charge in [-0.15, -0.1) is 0 Å². The van der Waals surface area contributed by atoms with Crippen molar-refractivity contribution in [1.82, 2.24) is 9.55 Å². The van der Waals surface area contributed by atoms with E-state index in [2.05, 4.69) is 314 Å². The molecule has 5 nitrogen and oxygen atoms in total. The van der Waals surface area contributed by atoms with E-state index in [0.29, 0.717) is 6.67 Å². The van der Waals surface area contributed by atoms with Crippen LogP contribution < -0.4 is 14.5 Å². The van der Waals surface area contributed by atoms with E-state index in [4.69, 9.17) is 9.72 Å². The van der Waals surface area contributed by atoms with Crippen LogP contribution in [-0.2, 0) is 10.8 Å². The smallest absolute Gasteiger partial charge is 0.137 e. The topological polar surface area (TPSA) is 33.5 Å². The quantitative estimate of drug-likeness (QED) is 0.137. The molecule has 0 saturated carbocycles. The van der Waals surface area contributed by atoms with E-state index >= 15 is 0 Å². The summed E-state index contributed by atoms with van der Waals surface area (Å²) in [6.07, 6.45) is 1.99. The molecule has 0 N–H and O–H groups in total. The van der Waals surface area contributed by atoms with Gasteiger partial charge in [0.15, 0.2) is 0 Å². The number of hydrogen-bond donors (Lipinski definition) is 0. The lowest BCUT2D eigenvalue weighted by atomic mass is 9.67. The standard InChI is InChI=1S/C77H58N4O/c1-76(2,3)56-38-40-57(41-39-56)77(68-33-16-13-30-62(68)63-31-14-17-34-69(63)77)58-44-45-78-74(48-58)81-70-35-18-15-32-64(70)65-43-42-61(50-73(65)81)82-60-29-21-28-59(49-60)79-51-80(72-37-20-19-36-71(72)79)75-66(53-24-9-5-10-25-53)46-55(52-22-7-4-8-23-52)47-67(75)54-26-11-6-12-27-54/h4-50H,51H2,1-3H3. The van der Waals surface area contributed by atoms with Gasteiger partial charge in [0.1, 0.15) is 24.0 Å². The number of anilines is 4. The van der Waals surface area contributed by atoms with Crippen molar-refractivity contribution in [2.75, 3.05) is 16.5 Å². The molecule has 2 aromatic heterocycles. The first-order chi connectivity index (χ1) is 40.3. The maximum Gasteiger partial charge on any atom is 0.137 e. The molecule has 5 heteroatoms. The number of nitrogens with zero attached hydrogens (tertiary/aromatic N) is 4. The Bertz CT molecular complexity index is 4450. The van der Waals surface area contributed by atoms with Crippen molar-refractivity contribution in [2.45, 2.75) is 31.6 Å². The van der Waals surface area contributed by atoms with Gasteiger partial charge in [0.2, 0.25) is 0 Å². The molecule has 15 rings (SSSR count). The fourth-order valence-electron chi connectivity index (χ4n) is 13.2. The monoisotopic (exact) mass is 1050 g/mol. The number of hydrogen-bond acceptors (Lipinski definition) is 4. The van der Waals surface area contributed by atoms with Gasteiger partial charge in [0, 0.05) is 45.9 Å². The van der Waals surface area contributed by atoms with Crippen molar-refractivity contribution < 1.29 is 4.74 Å². The summed E-state index contributed by atoms with van der Waals surface area (Å²) < 4.78 is 9.31. The van der Waals surface area contributed by atoms with Crippen LogP contribution in [0.2, 0.25) is 0 Å². The number of para-hydroxylation sites is 3. The van der Waals surface area contributed by atoms with Gasteiger partial charge < -0.3 is 14.5 Å². The van der Waals surface area contributed by atoms with Gasteiger partial charge in [-0.1, -0.05) is 221 Å². The number of ether oxygens (including phenoxy) is 1. The Hall–Kier alpha value is -10.2. The minimum atomic E-state index is -0.590. The van der Waals surface area contributed by atoms with E-state index < -0.39 is 5.41 Å². The van der Waals surface area contributed by atoms with E-state index in [1.807, 2.05) is 6.20 Å². The molecule has 82 heavy (non-hydrogen) atoms. The third kappa shape index (κ3) is 8.03. The molecule has 0 bridgehead atoms. The molecule has 0 amide bonds. The van der Waals surface area contributed by atoms with Crippen LogP contribution in [0.15, 0.2) is 285 Å². The molecule has 3 heterocycles. The highest BCUT2D eigenvalue weighted by Crippen LogP contribution is 2.57. The number of pyridine rings is 1. The highest BCUT2D eigenvalue weighted by molar-refractivity contribution is 6.09. The Kier molecular flexibility index (Phi) is 11.6. The van der Waals surface area contributed by atoms with Gasteiger partial charge in [-0.05, 0) is 133 Å². The fourth-order valence-corrected chi connectivity index (χ4v) is 13.2. The predicted molar refractivity (Wildman–Crippen MR) is 339 cm³/mol. The molecule has 0 radical (unpaired) electrons. The average Bonchev–Trinajstić information content (AvgIpc) is 2.32. The third-order valence-electron chi connectivity index (χ3n) is 17.0. The molecular weight excluding hydrogens is 997 g/mol. The molecule has 13 aromatic rings. The summed E-state index contributed by atoms with van der Waals surface area (Å²) in [7, 11) is 0. The largest absolute Gasteiger partial charge is 0.457 e. The van der Waals surface area contributed by atoms with Crippen LogP contribution in [0, 0.1) is 0 Å². The maximum absolute atomic E-state index is 7.00. The fraction of sp³-hybridized carbons (Fsp3) is 0.0779. The van der Waals surface area contributed by atoms with E-state index in [9.17, 15) is 0 Å². The van der Waals surface area contributed by atoms with Crippen LogP contribution in [0.1, 0.15) is 48.6 Å². The second-order valence-corrected chi connectivity index (χ2v) is 22.7. The number of rotatable bonds is 10. The molecule has 2 aliphatic rings. The van der Waals surface area contributed by atoms with Crippen LogP contribution in [0.4, 0.5) is 22.7 Å². The van der Waals surface area contributed by atoms with Crippen molar-refractivity contribution in [1.29, 1.82) is 0 Å². The summed E-state index contributed by atoms with van der Waals surface area (Å²) in [6, 6.07) is 101. The second kappa shape index (κ2) is 19.5. The Morgan fingerprint density at radius 3 is 1.62 bits per heavy atom. The molecule has 392 valence electrons. The normalized spacial score (nSPS) is 13.3. The van der Waals surface area contributed by atoms with Crippen LogP contribution in [0.3, 0.4) is 0 Å². The zero-order chi connectivity index (χ0) is 54.9. The summed E-state index contributed by atoms with van der Waals surface area (Å²) in [5, 5.41) is 2.28. The second-order valence-electron chi connectivity index (χ2n) is 22.7. The molecule has 0 unspecified atom stereocenters. The summed E-state index contributed by atoms with van der Waals surface area (Å²) in [4.78, 5) is 10.1. The van der Waals surface area contributed by atoms with Crippen molar-refractivity contribution in [3.05, 3.63) is 313 Å². The summed E-state index contributed by atoms with van der Waals surface area (Å²) in [5.41, 5.74) is 21.7. The van der Waals surface area contributed by atoms with Crippen LogP contribution in [-0.4, -0.2) is 16.2 Å². The van der Waals surface area contributed by atoms with E-state index in [-0.39, 0.29) is 5.41 Å². The number of benzene rings is 11. The van der Waals surface area contributed by atoms with Gasteiger partial charge in [0.25, 0.3) is 0 Å². The first-order valence-corrected chi connectivity index (χ1v) is 28.4. The zero-order valence-corrected chi connectivity index (χ0v) is 46.0. The first kappa shape index (κ1) is 48.9. The molecular formula is C77H58N4O. The molecule has 0 fully saturated rings. The summed E-state index contributed by atoms with van der Waals surface area (Å²) in [5.74, 6) is 2.32. The van der Waals surface area contributed by atoms with Crippen LogP contribution >= 0.6 is 0 Å². The van der Waals surface area contributed by atoms with Crippen molar-refractivity contribution >= 4 is 44.6 Å². The third-order valence-corrected chi connectivity index (χ3v) is 17.0. The minimum Gasteiger partial charge on any atom is -0.457 e. The lowest BCUT2D eigenvalue weighted by Gasteiger charge is -2.34. The van der Waals surface area contributed by atoms with Crippen molar-refractivity contribution in [2.24, 2.45) is 0 Å². The van der Waals surface area contributed by atoms with E-state index in [0.717, 1.165) is 78.6 Å². The van der Waals surface area contributed by atoms with Crippen molar-refractivity contribution in [3.63, 3.8) is 0 Å². The molecule has 1 aliphatic carbocycles. The molecule has 0 atom stereocenters. The lowest BCUT2D eigenvalue weighted by Crippen LogP contribution is -2.29. The highest BCUT2D eigenvalue weighted by atomic mass is 16.5. The van der Waals surface area contributed by atoms with Crippen LogP contribution in [0.25, 0.3) is 72.1 Å². The SMILES string of the molecule is CC(C)(C)c1ccc(C2(c3ccnc(-n4c5ccccc5c5ccc(Oc6cccc(N7CN(c8c(-c9ccccc9)cc(-c9ccccc9)cc8-c8ccccc8)c8ccccc87)c6)cc54)c3)c3ccccc3-c3ccccc32)cc1. The number of aromatic nitrogens is 2. The maximum atomic E-state index is 7.00. The Morgan fingerprint density at radius 1 is 0.402 bits per heavy atom. The lowest BCUT2D eigenvalue weighted by molar-refractivity contribution is 0.483. The summed E-state index contributed by atoms with van der Waals surface area (Å²) >= 11 is 0. The van der Waals surface area contributed by atoms with Crippen molar-refractivity contribution in [3.8, 4) is 61.8 Å². The first-order valence-electron chi connectivity index (χ1n) is 28.4. The zero-order valence-electron chi connectivity index (χ0n) is 46.0. The Morgan fingerprint density at radius 2 is 0.963 bits per heavy atom. The molecule has 0 saturated heterocycles. The summed E-state index contributed by atoms with van der Waals surface area (Å²) in [6.45, 7) is 7.43. The number of fused-ring (bicyclic) bond motifs is 7. The van der Waals surface area contributed by atoms with Gasteiger partial charge in [-0.25, -0.2) is 4.98 Å². The highest BCUT2D eigenvalue weighted by Gasteiger charge is 2.46. The van der Waals surface area contributed by atoms with Gasteiger partial charge in [-0.2, -0.15) is 0 Å². The Labute approximate surface area is 479 Å². The van der Waals surface area contributed by atoms with Gasteiger partial charge in [0.05, 0.1) is 33.5 Å². The predicted octanol–water partition coefficient (Wildman–Crippen LogP) is 19.9. The van der Waals surface area contributed by atoms with E-state index in [1.165, 1.54) is 55.6 Å². The van der Waals surface area contributed by atoms with Crippen LogP contribution in [0.5, 0.6) is 11.5 Å². The Balaban J connectivity index is 0.821. The molecule has 1 aliphatic heterocycles. The van der Waals surface area contributed by atoms with E-state index in [1.54, 1.807) is 0 Å². The average molecular weight is 1060 g/mol. The molecule has 11 aromatic carbocycles. The van der Waals surface area contributed by atoms with Gasteiger partial charge in [-0.3, -0.25) is 4.57 Å². The molecule has 0 spiro atoms.